The standard InChI is InChI=1S/C21H19F4N3O4/c1-10-7-12(21(23,24)25)9-15(26-10)28-16(17(29)18(30)20(28)32)19(31)27-6-2-3-11-8-13(22)4-5-14(11)27/h4-5,7-9,16-18,29-30H,2-3,6H2,1H3/t16-,17-,18-/m0/s1. The zero-order valence-corrected chi connectivity index (χ0v) is 16.8. The van der Waals surface area contributed by atoms with E-state index in [2.05, 4.69) is 4.98 Å². The number of aliphatic hydroxyl groups is 2. The molecule has 0 unspecified atom stereocenters. The number of hydrogen-bond donors (Lipinski definition) is 2. The van der Waals surface area contributed by atoms with Crippen molar-refractivity contribution in [2.24, 2.45) is 0 Å². The highest BCUT2D eigenvalue weighted by Crippen LogP contribution is 2.36. The van der Waals surface area contributed by atoms with Crippen LogP contribution in [0, 0.1) is 12.7 Å². The molecule has 0 radical (unpaired) electrons. The average Bonchev–Trinajstić information content (AvgIpc) is 2.95. The fourth-order valence-electron chi connectivity index (χ4n) is 4.16. The maximum absolute atomic E-state index is 13.6. The monoisotopic (exact) mass is 453 g/mol. The number of nitrogens with zero attached hydrogens (tertiary/aromatic N) is 3. The summed E-state index contributed by atoms with van der Waals surface area (Å²) in [7, 11) is 0. The van der Waals surface area contributed by atoms with Gasteiger partial charge in [-0.15, -0.1) is 0 Å². The molecule has 2 aliphatic rings. The van der Waals surface area contributed by atoms with Crippen LogP contribution in [0.3, 0.4) is 0 Å². The second-order valence-corrected chi connectivity index (χ2v) is 7.81. The number of alkyl halides is 3. The number of benzene rings is 1. The zero-order chi connectivity index (χ0) is 23.4. The lowest BCUT2D eigenvalue weighted by Gasteiger charge is -2.34. The number of halogens is 4. The van der Waals surface area contributed by atoms with Gasteiger partial charge in [-0.05, 0) is 55.7 Å². The third-order valence-corrected chi connectivity index (χ3v) is 5.61. The summed E-state index contributed by atoms with van der Waals surface area (Å²) < 4.78 is 53.5. The molecule has 4 rings (SSSR count). The van der Waals surface area contributed by atoms with Crippen molar-refractivity contribution in [3.63, 3.8) is 0 Å². The van der Waals surface area contributed by atoms with Gasteiger partial charge < -0.3 is 15.1 Å². The largest absolute Gasteiger partial charge is 0.416 e. The first-order valence-electron chi connectivity index (χ1n) is 9.84. The van der Waals surface area contributed by atoms with E-state index in [-0.39, 0.29) is 12.2 Å². The van der Waals surface area contributed by atoms with E-state index in [0.717, 1.165) is 12.1 Å². The summed E-state index contributed by atoms with van der Waals surface area (Å²) in [6, 6.07) is 3.49. The van der Waals surface area contributed by atoms with E-state index in [1.54, 1.807) is 0 Å². The molecule has 2 aliphatic heterocycles. The molecule has 0 saturated carbocycles. The van der Waals surface area contributed by atoms with Crippen LogP contribution in [0.5, 0.6) is 0 Å². The van der Waals surface area contributed by atoms with Gasteiger partial charge in [-0.1, -0.05) is 0 Å². The van der Waals surface area contributed by atoms with Crippen LogP contribution in [0.15, 0.2) is 30.3 Å². The second kappa shape index (κ2) is 7.82. The Kier molecular flexibility index (Phi) is 5.41. The fraction of sp³-hybridized carbons (Fsp3) is 0.381. The first-order valence-corrected chi connectivity index (χ1v) is 9.84. The number of pyridine rings is 1. The number of fused-ring (bicyclic) bond motifs is 1. The lowest BCUT2D eigenvalue weighted by atomic mass is 9.99. The molecule has 2 amide bonds. The van der Waals surface area contributed by atoms with Crippen LogP contribution in [0.1, 0.15) is 23.2 Å². The van der Waals surface area contributed by atoms with Crippen LogP contribution >= 0.6 is 0 Å². The predicted molar refractivity (Wildman–Crippen MR) is 104 cm³/mol. The summed E-state index contributed by atoms with van der Waals surface area (Å²) in [6.45, 7) is 1.48. The first kappa shape index (κ1) is 22.2. The van der Waals surface area contributed by atoms with Gasteiger partial charge in [0.2, 0.25) is 0 Å². The number of amides is 2. The molecular formula is C21H19F4N3O4. The normalized spacial score (nSPS) is 23.5. The van der Waals surface area contributed by atoms with Gasteiger partial charge in [-0.3, -0.25) is 14.5 Å². The van der Waals surface area contributed by atoms with Gasteiger partial charge >= 0.3 is 6.18 Å². The van der Waals surface area contributed by atoms with Gasteiger partial charge in [0.1, 0.15) is 23.8 Å². The molecule has 7 nitrogen and oxygen atoms in total. The average molecular weight is 453 g/mol. The molecule has 2 N–H and O–H groups in total. The van der Waals surface area contributed by atoms with E-state index >= 15 is 0 Å². The number of aliphatic hydroxyl groups excluding tert-OH is 2. The van der Waals surface area contributed by atoms with E-state index in [1.165, 1.54) is 24.0 Å². The molecule has 2 aromatic rings. The highest BCUT2D eigenvalue weighted by molar-refractivity contribution is 6.11. The van der Waals surface area contributed by atoms with Crippen LogP contribution in [0.4, 0.5) is 29.1 Å². The molecule has 1 fully saturated rings. The Morgan fingerprint density at radius 3 is 2.59 bits per heavy atom. The van der Waals surface area contributed by atoms with Crippen molar-refractivity contribution in [2.45, 2.75) is 44.2 Å². The number of anilines is 2. The van der Waals surface area contributed by atoms with Crippen molar-refractivity contribution < 1.29 is 37.4 Å². The Bertz CT molecular complexity index is 1090. The van der Waals surface area contributed by atoms with Gasteiger partial charge in [0, 0.05) is 17.9 Å². The Balaban J connectivity index is 1.77. The molecule has 1 aromatic carbocycles. The molecule has 1 saturated heterocycles. The minimum absolute atomic E-state index is 0.0662. The predicted octanol–water partition coefficient (Wildman–Crippen LogP) is 1.96. The maximum Gasteiger partial charge on any atom is 0.416 e. The Labute approximate surface area is 179 Å². The van der Waals surface area contributed by atoms with Gasteiger partial charge in [-0.2, -0.15) is 13.2 Å². The van der Waals surface area contributed by atoms with E-state index in [0.29, 0.717) is 35.1 Å². The minimum Gasteiger partial charge on any atom is -0.387 e. The van der Waals surface area contributed by atoms with Crippen LogP contribution in [0.25, 0.3) is 0 Å². The topological polar surface area (TPSA) is 94.0 Å². The van der Waals surface area contributed by atoms with Crippen molar-refractivity contribution in [3.8, 4) is 0 Å². The first-order chi connectivity index (χ1) is 15.0. The highest BCUT2D eigenvalue weighted by atomic mass is 19.4. The van der Waals surface area contributed by atoms with Crippen molar-refractivity contribution >= 4 is 23.3 Å². The van der Waals surface area contributed by atoms with Gasteiger partial charge in [0.15, 0.2) is 6.10 Å². The van der Waals surface area contributed by atoms with Crippen molar-refractivity contribution in [2.75, 3.05) is 16.3 Å². The molecule has 0 aliphatic carbocycles. The van der Waals surface area contributed by atoms with Crippen LogP contribution in [-0.2, 0) is 22.2 Å². The van der Waals surface area contributed by atoms with Crippen molar-refractivity contribution in [3.05, 3.63) is 53.0 Å². The van der Waals surface area contributed by atoms with Crippen LogP contribution < -0.4 is 9.80 Å². The quantitative estimate of drug-likeness (QED) is 0.679. The van der Waals surface area contributed by atoms with E-state index in [1.807, 2.05) is 0 Å². The summed E-state index contributed by atoms with van der Waals surface area (Å²) in [6.07, 6.45) is -7.67. The molecule has 3 atom stereocenters. The molecule has 170 valence electrons. The highest BCUT2D eigenvalue weighted by Gasteiger charge is 2.53. The van der Waals surface area contributed by atoms with E-state index < -0.39 is 53.4 Å². The van der Waals surface area contributed by atoms with Crippen molar-refractivity contribution in [1.82, 2.24) is 4.98 Å². The Morgan fingerprint density at radius 2 is 1.91 bits per heavy atom. The summed E-state index contributed by atoms with van der Waals surface area (Å²) >= 11 is 0. The molecule has 0 spiro atoms. The molecular weight excluding hydrogens is 434 g/mol. The fourth-order valence-corrected chi connectivity index (χ4v) is 4.16. The third-order valence-electron chi connectivity index (χ3n) is 5.61. The summed E-state index contributed by atoms with van der Waals surface area (Å²) in [5.41, 5.74) is -0.238. The van der Waals surface area contributed by atoms with Gasteiger partial charge in [0.25, 0.3) is 11.8 Å². The Morgan fingerprint density at radius 1 is 1.19 bits per heavy atom. The van der Waals surface area contributed by atoms with E-state index in [4.69, 9.17) is 0 Å². The summed E-state index contributed by atoms with van der Waals surface area (Å²) in [5, 5.41) is 20.6. The third kappa shape index (κ3) is 3.71. The number of aryl methyl sites for hydroxylation is 2. The SMILES string of the molecule is Cc1cc(C(F)(F)F)cc(N2C(=O)[C@@H](O)[C@@H](O)[C@H]2C(=O)N2CCCc3cc(F)ccc32)n1. The van der Waals surface area contributed by atoms with Crippen molar-refractivity contribution in [1.29, 1.82) is 0 Å². The summed E-state index contributed by atoms with van der Waals surface area (Å²) in [4.78, 5) is 31.9. The van der Waals surface area contributed by atoms with Gasteiger partial charge in [0.05, 0.1) is 5.56 Å². The molecule has 32 heavy (non-hydrogen) atoms. The van der Waals surface area contributed by atoms with Crippen LogP contribution in [0.2, 0.25) is 0 Å². The molecule has 0 bridgehead atoms. The second-order valence-electron chi connectivity index (χ2n) is 7.81. The zero-order valence-electron chi connectivity index (χ0n) is 16.8. The van der Waals surface area contributed by atoms with Gasteiger partial charge in [-0.25, -0.2) is 9.37 Å². The lowest BCUT2D eigenvalue weighted by Crippen LogP contribution is -2.52. The maximum atomic E-state index is 13.6. The Hall–Kier alpha value is -3.05. The number of carbonyl (C=O) groups excluding carboxylic acids is 2. The summed E-state index contributed by atoms with van der Waals surface area (Å²) in [5.74, 6) is -2.95. The van der Waals surface area contributed by atoms with Crippen LogP contribution in [-0.4, -0.2) is 51.8 Å². The number of rotatable bonds is 2. The minimum atomic E-state index is -4.74. The number of hydrogen-bond acceptors (Lipinski definition) is 5. The number of carbonyl (C=O) groups is 2. The van der Waals surface area contributed by atoms with E-state index in [9.17, 15) is 37.4 Å². The molecule has 3 heterocycles. The lowest BCUT2D eigenvalue weighted by molar-refractivity contribution is -0.137. The number of aromatic nitrogens is 1. The molecule has 11 heteroatoms. The smallest absolute Gasteiger partial charge is 0.387 e. The molecule has 1 aromatic heterocycles.